The molecule has 30 heavy (non-hydrogen) atoms. The van der Waals surface area contributed by atoms with Crippen molar-refractivity contribution in [2.45, 2.75) is 32.9 Å². The summed E-state index contributed by atoms with van der Waals surface area (Å²) in [5.74, 6) is 0.696. The summed E-state index contributed by atoms with van der Waals surface area (Å²) in [6, 6.07) is 17.8. The van der Waals surface area contributed by atoms with E-state index in [1.165, 1.54) is 5.56 Å². The second-order valence-electron chi connectivity index (χ2n) is 6.69. The van der Waals surface area contributed by atoms with E-state index >= 15 is 0 Å². The summed E-state index contributed by atoms with van der Waals surface area (Å²) in [6.07, 6.45) is 0.982. The average molecular weight is 524 g/mol. The minimum atomic E-state index is -0.0479. The topological polar surface area (TPSA) is 74.8 Å². The number of benzene rings is 2. The van der Waals surface area contributed by atoms with Crippen molar-refractivity contribution >= 4 is 35.8 Å². The third kappa shape index (κ3) is 9.13. The number of halogens is 1. The SMILES string of the molecule is CCNC(=O)c1ccc(CNC(=NC)NCCCOC(C)c2ccccc2)cc1.I. The summed E-state index contributed by atoms with van der Waals surface area (Å²) in [7, 11) is 1.75. The van der Waals surface area contributed by atoms with Crippen LogP contribution < -0.4 is 16.0 Å². The van der Waals surface area contributed by atoms with Crippen molar-refractivity contribution in [2.24, 2.45) is 4.99 Å². The number of rotatable bonds is 10. The van der Waals surface area contributed by atoms with Crippen LogP contribution in [0.1, 0.15) is 47.9 Å². The van der Waals surface area contributed by atoms with E-state index in [0.29, 0.717) is 25.3 Å². The van der Waals surface area contributed by atoms with E-state index in [1.807, 2.05) is 49.4 Å². The van der Waals surface area contributed by atoms with Crippen molar-refractivity contribution in [1.29, 1.82) is 0 Å². The Bertz CT molecular complexity index is 767. The fraction of sp³-hybridized carbons (Fsp3) is 0.391. The van der Waals surface area contributed by atoms with Gasteiger partial charge in [0.25, 0.3) is 5.91 Å². The number of aliphatic imine (C=N–C) groups is 1. The molecule has 0 aromatic heterocycles. The zero-order valence-electron chi connectivity index (χ0n) is 18.0. The van der Waals surface area contributed by atoms with Crippen LogP contribution >= 0.6 is 24.0 Å². The van der Waals surface area contributed by atoms with Gasteiger partial charge in [0.05, 0.1) is 6.10 Å². The highest BCUT2D eigenvalue weighted by atomic mass is 127. The van der Waals surface area contributed by atoms with Crippen LogP contribution in [0.5, 0.6) is 0 Å². The van der Waals surface area contributed by atoms with E-state index in [0.717, 1.165) is 24.5 Å². The number of carbonyl (C=O) groups is 1. The van der Waals surface area contributed by atoms with Gasteiger partial charge in [-0.25, -0.2) is 0 Å². The predicted octanol–water partition coefficient (Wildman–Crippen LogP) is 3.89. The highest BCUT2D eigenvalue weighted by Crippen LogP contribution is 2.15. The molecule has 3 N–H and O–H groups in total. The molecule has 0 aliphatic rings. The third-order valence-corrected chi connectivity index (χ3v) is 4.49. The summed E-state index contributed by atoms with van der Waals surface area (Å²) < 4.78 is 5.89. The van der Waals surface area contributed by atoms with Crippen molar-refractivity contribution in [3.05, 3.63) is 71.3 Å². The molecule has 1 unspecified atom stereocenters. The zero-order valence-corrected chi connectivity index (χ0v) is 20.3. The second-order valence-corrected chi connectivity index (χ2v) is 6.69. The van der Waals surface area contributed by atoms with Crippen molar-refractivity contribution in [1.82, 2.24) is 16.0 Å². The fourth-order valence-corrected chi connectivity index (χ4v) is 2.80. The molecule has 2 aromatic rings. The molecular weight excluding hydrogens is 491 g/mol. The number of ether oxygens (including phenoxy) is 1. The Kier molecular flexibility index (Phi) is 12.8. The molecule has 2 rings (SSSR count). The van der Waals surface area contributed by atoms with Crippen LogP contribution in [0.15, 0.2) is 59.6 Å². The van der Waals surface area contributed by atoms with Gasteiger partial charge in [-0.1, -0.05) is 42.5 Å². The molecule has 0 saturated carbocycles. The minimum Gasteiger partial charge on any atom is -0.374 e. The van der Waals surface area contributed by atoms with Crippen LogP contribution in [0, 0.1) is 0 Å². The van der Waals surface area contributed by atoms with Gasteiger partial charge in [0, 0.05) is 38.9 Å². The monoisotopic (exact) mass is 524 g/mol. The summed E-state index contributed by atoms with van der Waals surface area (Å²) >= 11 is 0. The van der Waals surface area contributed by atoms with Gasteiger partial charge >= 0.3 is 0 Å². The molecule has 164 valence electrons. The average Bonchev–Trinajstić information content (AvgIpc) is 2.76. The van der Waals surface area contributed by atoms with Crippen LogP contribution in [0.3, 0.4) is 0 Å². The van der Waals surface area contributed by atoms with Crippen molar-refractivity contribution in [3.63, 3.8) is 0 Å². The van der Waals surface area contributed by atoms with Crippen molar-refractivity contribution in [2.75, 3.05) is 26.7 Å². The number of carbonyl (C=O) groups excluding carboxylic acids is 1. The van der Waals surface area contributed by atoms with Crippen molar-refractivity contribution < 1.29 is 9.53 Å². The first kappa shape index (κ1) is 25.9. The van der Waals surface area contributed by atoms with Gasteiger partial charge < -0.3 is 20.7 Å². The van der Waals surface area contributed by atoms with Gasteiger partial charge in [-0.2, -0.15) is 0 Å². The van der Waals surface area contributed by atoms with Gasteiger partial charge in [-0.3, -0.25) is 9.79 Å². The minimum absolute atomic E-state index is 0. The number of hydrogen-bond acceptors (Lipinski definition) is 3. The zero-order chi connectivity index (χ0) is 20.9. The number of hydrogen-bond donors (Lipinski definition) is 3. The molecule has 7 heteroatoms. The Morgan fingerprint density at radius 3 is 2.37 bits per heavy atom. The van der Waals surface area contributed by atoms with Crippen LogP contribution in [0.4, 0.5) is 0 Å². The van der Waals surface area contributed by atoms with Crippen LogP contribution in [-0.4, -0.2) is 38.6 Å². The van der Waals surface area contributed by atoms with Crippen molar-refractivity contribution in [3.8, 4) is 0 Å². The number of guanidine groups is 1. The molecule has 0 spiro atoms. The van der Waals surface area contributed by atoms with E-state index in [-0.39, 0.29) is 36.0 Å². The molecule has 6 nitrogen and oxygen atoms in total. The van der Waals surface area contributed by atoms with Crippen LogP contribution in [-0.2, 0) is 11.3 Å². The molecule has 0 bridgehead atoms. The molecule has 2 aromatic carbocycles. The Labute approximate surface area is 196 Å². The van der Waals surface area contributed by atoms with Crippen LogP contribution in [0.2, 0.25) is 0 Å². The number of amides is 1. The lowest BCUT2D eigenvalue weighted by atomic mass is 10.1. The number of nitrogens with one attached hydrogen (secondary N) is 3. The Morgan fingerprint density at radius 2 is 1.73 bits per heavy atom. The predicted molar refractivity (Wildman–Crippen MR) is 133 cm³/mol. The quantitative estimate of drug-likeness (QED) is 0.191. The Hall–Kier alpha value is -2.13. The highest BCUT2D eigenvalue weighted by Gasteiger charge is 2.05. The summed E-state index contributed by atoms with van der Waals surface area (Å²) in [5.41, 5.74) is 2.94. The Balaban J connectivity index is 0.00000450. The normalized spacial score (nSPS) is 11.9. The summed E-state index contributed by atoms with van der Waals surface area (Å²) in [4.78, 5) is 16.0. The molecule has 0 heterocycles. The standard InChI is InChI=1S/C23H32N4O2.HI/c1-4-25-22(28)21-13-11-19(12-14-21)17-27-23(24-3)26-15-8-16-29-18(2)20-9-6-5-7-10-20;/h5-7,9-14,18H,4,8,15-17H2,1-3H3,(H,25,28)(H2,24,26,27);1H. The van der Waals surface area contributed by atoms with Gasteiger partial charge in [0.2, 0.25) is 0 Å². The molecule has 0 aliphatic heterocycles. The highest BCUT2D eigenvalue weighted by molar-refractivity contribution is 14.0. The van der Waals surface area contributed by atoms with E-state index in [4.69, 9.17) is 4.74 Å². The lowest BCUT2D eigenvalue weighted by molar-refractivity contribution is 0.0646. The van der Waals surface area contributed by atoms with Gasteiger partial charge in [-0.15, -0.1) is 24.0 Å². The first-order chi connectivity index (χ1) is 14.1. The lowest BCUT2D eigenvalue weighted by Crippen LogP contribution is -2.37. The first-order valence-corrected chi connectivity index (χ1v) is 10.1. The van der Waals surface area contributed by atoms with Gasteiger partial charge in [0.15, 0.2) is 5.96 Å². The maximum Gasteiger partial charge on any atom is 0.251 e. The molecule has 0 radical (unpaired) electrons. The van der Waals surface area contributed by atoms with Gasteiger partial charge in [-0.05, 0) is 43.5 Å². The van der Waals surface area contributed by atoms with E-state index in [2.05, 4.69) is 40.0 Å². The smallest absolute Gasteiger partial charge is 0.251 e. The van der Waals surface area contributed by atoms with Crippen LogP contribution in [0.25, 0.3) is 0 Å². The largest absolute Gasteiger partial charge is 0.374 e. The molecule has 1 atom stereocenters. The summed E-state index contributed by atoms with van der Waals surface area (Å²) in [5, 5.41) is 9.37. The fourth-order valence-electron chi connectivity index (χ4n) is 2.80. The molecule has 0 aliphatic carbocycles. The Morgan fingerprint density at radius 1 is 1.03 bits per heavy atom. The first-order valence-electron chi connectivity index (χ1n) is 10.1. The third-order valence-electron chi connectivity index (χ3n) is 4.49. The number of nitrogens with zero attached hydrogens (tertiary/aromatic N) is 1. The summed E-state index contributed by atoms with van der Waals surface area (Å²) in [6.45, 7) is 6.70. The van der Waals surface area contributed by atoms with E-state index < -0.39 is 0 Å². The molecule has 0 fully saturated rings. The van der Waals surface area contributed by atoms with E-state index in [1.54, 1.807) is 7.05 Å². The molecular formula is C23H33IN4O2. The molecule has 0 saturated heterocycles. The molecule has 1 amide bonds. The second kappa shape index (κ2) is 14.8. The van der Waals surface area contributed by atoms with E-state index in [9.17, 15) is 4.79 Å². The lowest BCUT2D eigenvalue weighted by Gasteiger charge is -2.15. The maximum atomic E-state index is 11.8. The van der Waals surface area contributed by atoms with Gasteiger partial charge in [0.1, 0.15) is 0 Å². The maximum absolute atomic E-state index is 11.8.